The molecule has 98 heavy (non-hydrogen) atoms. The molecular weight excluding hydrogens is 1330 g/mol. The number of aromatic hydroxyl groups is 1. The lowest BCUT2D eigenvalue weighted by molar-refractivity contribution is -0.143. The van der Waals surface area contributed by atoms with Crippen LogP contribution >= 0.6 is 24.4 Å². The van der Waals surface area contributed by atoms with Crippen molar-refractivity contribution in [3.63, 3.8) is 0 Å². The first-order chi connectivity index (χ1) is 46.0. The Hall–Kier alpha value is -9.14. The van der Waals surface area contributed by atoms with E-state index in [0.717, 1.165) is 13.8 Å². The molecule has 21 N–H and O–H groups in total. The number of benzene rings is 1. The average molecular weight is 1420 g/mol. The molecule has 0 spiro atoms. The number of nitrogens with two attached hydrogens (primary N) is 1. The van der Waals surface area contributed by atoms with Gasteiger partial charge in [-0.3, -0.25) is 67.1 Å². The van der Waals surface area contributed by atoms with Gasteiger partial charge >= 0.3 is 17.9 Å². The Bertz CT molecular complexity index is 3050. The summed E-state index contributed by atoms with van der Waals surface area (Å²) in [5, 5.41) is 88.1. The molecule has 0 saturated carbocycles. The Morgan fingerprint density at radius 1 is 0.541 bits per heavy atom. The minimum atomic E-state index is -1.99. The number of nitrogens with zero attached hydrogens (tertiary/aromatic N) is 1. The highest BCUT2D eigenvalue weighted by atomic mass is 32.2. The minimum Gasteiger partial charge on any atom is -0.508 e. The average Bonchev–Trinajstić information content (AvgIpc) is 1.09. The van der Waals surface area contributed by atoms with Gasteiger partial charge in [0.2, 0.25) is 70.9 Å². The third kappa shape index (κ3) is 30.9. The highest BCUT2D eigenvalue weighted by Gasteiger charge is 2.38. The molecule has 0 fully saturated rings. The number of rotatable bonds is 45. The molecular formula is C60H93N15O21S2. The number of aromatic nitrogens is 2. The van der Waals surface area contributed by atoms with Crippen LogP contribution < -0.4 is 69.5 Å². The largest absolute Gasteiger partial charge is 0.508 e. The maximum atomic E-state index is 14.3. The molecule has 2 rings (SSSR count). The fourth-order valence-electron chi connectivity index (χ4n) is 9.09. The van der Waals surface area contributed by atoms with E-state index in [-0.39, 0.29) is 48.8 Å². The van der Waals surface area contributed by atoms with E-state index < -0.39 is 212 Å². The summed E-state index contributed by atoms with van der Waals surface area (Å²) in [4.78, 5) is 205. The second-order valence-electron chi connectivity index (χ2n) is 23.5. The standard InChI is InChI=1S/C60H93N15O21S2/c1-9-29(4)47(73-44(80)25-64-52(87)42(26-97)72-50(85)30(5)66-53(88)37(14-16-45(81)82)68-54(89)39(18-19-98-8)67-43(79)24-63-51(86)36(61)20-28(2)3)57(92)70-40(22-34-23-62-27-65-34)56(91)69-38(15-17-46(83)84)55(90)74-49(32(7)77)59(94)75-48(31(6)76)58(93)71-41(60(95)96)21-33-10-12-35(78)13-11-33/h10-13,23,27-32,36-42,47-49,76-78,97H,9,14-22,24-26,61H2,1-8H3,(H,62,65)(H,63,86)(H,64,87)(H,66,88)(H,67,79)(H,68,89)(H,69,91)(H,70,92)(H,71,93)(H,72,85)(H,73,80)(H,74,90)(H,75,94)(H,81,82)(H,83,84)(H,95,96)/t29-,30-,31+,32+,36-,37-,38-,39-,40-,41-,42-,47-,48-,49-/m0/s1. The number of carboxylic acids is 3. The first kappa shape index (κ1) is 84.9. The van der Waals surface area contributed by atoms with Crippen LogP contribution in [0, 0.1) is 11.8 Å². The highest BCUT2D eigenvalue weighted by molar-refractivity contribution is 7.98. The van der Waals surface area contributed by atoms with Crippen molar-refractivity contribution in [1.29, 1.82) is 0 Å². The van der Waals surface area contributed by atoms with Crippen molar-refractivity contribution in [3.05, 3.63) is 48.0 Å². The monoisotopic (exact) mass is 1420 g/mol. The number of aliphatic hydroxyl groups excluding tert-OH is 2. The quantitative estimate of drug-likeness (QED) is 0.0275. The number of imidazole rings is 1. The summed E-state index contributed by atoms with van der Waals surface area (Å²) < 4.78 is 0. The summed E-state index contributed by atoms with van der Waals surface area (Å²) in [7, 11) is 0. The smallest absolute Gasteiger partial charge is 0.326 e. The number of nitrogens with one attached hydrogen (secondary N) is 13. The van der Waals surface area contributed by atoms with Crippen LogP contribution in [0.25, 0.3) is 0 Å². The first-order valence-corrected chi connectivity index (χ1v) is 33.2. The number of phenolic OH excluding ortho intramolecular Hbond substituents is 1. The topological polar surface area (TPSA) is 576 Å². The van der Waals surface area contributed by atoms with Crippen LogP contribution in [0.2, 0.25) is 0 Å². The van der Waals surface area contributed by atoms with E-state index in [1.54, 1.807) is 20.1 Å². The number of H-pyrrole nitrogens is 1. The number of aliphatic carboxylic acids is 3. The van der Waals surface area contributed by atoms with Gasteiger partial charge in [0.1, 0.15) is 66.2 Å². The molecule has 38 heteroatoms. The van der Waals surface area contributed by atoms with Gasteiger partial charge in [-0.15, -0.1) is 0 Å². The number of hydrogen-bond donors (Lipinski definition) is 21. The molecule has 546 valence electrons. The van der Waals surface area contributed by atoms with Gasteiger partial charge in [0, 0.05) is 43.3 Å². The van der Waals surface area contributed by atoms with E-state index in [4.69, 9.17) is 5.73 Å². The number of carboxylic acid groups (broad SMARTS) is 3. The Balaban J connectivity index is 2.25. The van der Waals surface area contributed by atoms with Gasteiger partial charge in [0.05, 0.1) is 37.7 Å². The van der Waals surface area contributed by atoms with Crippen molar-refractivity contribution >= 4 is 113 Å². The van der Waals surface area contributed by atoms with Crippen LogP contribution in [0.4, 0.5) is 0 Å². The zero-order valence-corrected chi connectivity index (χ0v) is 57.2. The Morgan fingerprint density at radius 3 is 1.49 bits per heavy atom. The van der Waals surface area contributed by atoms with Gasteiger partial charge in [-0.25, -0.2) is 9.78 Å². The zero-order valence-electron chi connectivity index (χ0n) is 55.5. The Kier molecular flexibility index (Phi) is 37.5. The van der Waals surface area contributed by atoms with Crippen LogP contribution in [0.1, 0.15) is 105 Å². The number of carbonyl (C=O) groups is 15. The summed E-state index contributed by atoms with van der Waals surface area (Å²) in [6.07, 6.45) is -1.81. The lowest BCUT2D eigenvalue weighted by atomic mass is 9.97. The summed E-state index contributed by atoms with van der Waals surface area (Å²) in [6.45, 7) is 8.91. The van der Waals surface area contributed by atoms with Crippen LogP contribution in [0.5, 0.6) is 5.75 Å². The predicted octanol–water partition coefficient (Wildman–Crippen LogP) is -5.32. The summed E-state index contributed by atoms with van der Waals surface area (Å²) in [5.74, 6) is -17.1. The Labute approximate surface area is 574 Å². The Morgan fingerprint density at radius 2 is 1.00 bits per heavy atom. The maximum Gasteiger partial charge on any atom is 0.326 e. The number of amides is 12. The summed E-state index contributed by atoms with van der Waals surface area (Å²) in [5.41, 5.74) is 6.51. The molecule has 0 radical (unpaired) electrons. The van der Waals surface area contributed by atoms with E-state index in [2.05, 4.69) is 86.4 Å². The number of aliphatic hydroxyl groups is 2. The van der Waals surface area contributed by atoms with Gasteiger partial charge in [-0.2, -0.15) is 24.4 Å². The van der Waals surface area contributed by atoms with E-state index in [0.29, 0.717) is 17.7 Å². The third-order valence-corrected chi connectivity index (χ3v) is 15.8. The number of carbonyl (C=O) groups excluding carboxylic acids is 12. The van der Waals surface area contributed by atoms with Gasteiger partial charge in [0.25, 0.3) is 0 Å². The molecule has 1 aromatic carbocycles. The molecule has 36 nitrogen and oxygen atoms in total. The summed E-state index contributed by atoms with van der Waals surface area (Å²) in [6, 6.07) is -11.7. The van der Waals surface area contributed by atoms with Crippen LogP contribution in [-0.2, 0) is 84.8 Å². The van der Waals surface area contributed by atoms with Crippen LogP contribution in [0.15, 0.2) is 36.8 Å². The van der Waals surface area contributed by atoms with Crippen molar-refractivity contribution in [2.75, 3.05) is 30.9 Å². The number of phenols is 1. The second-order valence-corrected chi connectivity index (χ2v) is 24.9. The number of thioether (sulfide) groups is 1. The van der Waals surface area contributed by atoms with Crippen molar-refractivity contribution in [2.45, 2.75) is 185 Å². The van der Waals surface area contributed by atoms with Crippen molar-refractivity contribution in [1.82, 2.24) is 73.8 Å². The van der Waals surface area contributed by atoms with E-state index >= 15 is 0 Å². The lowest BCUT2D eigenvalue weighted by Crippen LogP contribution is -2.63. The zero-order chi connectivity index (χ0) is 74.1. The molecule has 0 unspecified atom stereocenters. The molecule has 0 aliphatic rings. The molecule has 2 aromatic rings. The number of thiol groups is 1. The van der Waals surface area contributed by atoms with E-state index in [1.165, 1.54) is 55.5 Å². The van der Waals surface area contributed by atoms with Gasteiger partial charge in [-0.1, -0.05) is 46.2 Å². The molecule has 1 heterocycles. The van der Waals surface area contributed by atoms with Crippen LogP contribution in [-0.4, -0.2) is 239 Å². The predicted molar refractivity (Wildman–Crippen MR) is 354 cm³/mol. The molecule has 0 bridgehead atoms. The van der Waals surface area contributed by atoms with Gasteiger partial charge in [0.15, 0.2) is 0 Å². The number of aromatic amines is 1. The SMILES string of the molecule is CC[C@H](C)[C@H](NC(=O)CNC(=O)[C@H](CS)NC(=O)[C@H](C)NC(=O)[C@H](CCC(=O)O)NC(=O)[C@H](CCSC)NC(=O)CNC(=O)[C@@H](N)CC(C)C)C(=O)N[C@@H](Cc1cnc[nH]1)C(=O)N[C@@H](CCC(=O)O)C(=O)N[C@H](C(=O)N[C@H](C(=O)N[C@@H](Cc1ccc(O)cc1)C(=O)O)[C@@H](C)O)[C@@H](C)O. The molecule has 0 saturated heterocycles. The van der Waals surface area contributed by atoms with Crippen molar-refractivity contribution < 1.29 is 103 Å². The normalized spacial score (nSPS) is 15.4. The van der Waals surface area contributed by atoms with Gasteiger partial charge < -0.3 is 105 Å². The third-order valence-electron chi connectivity index (χ3n) is 14.8. The molecule has 14 atom stereocenters. The van der Waals surface area contributed by atoms with E-state index in [9.17, 15) is 103 Å². The fourth-order valence-corrected chi connectivity index (χ4v) is 9.82. The molecule has 0 aliphatic heterocycles. The first-order valence-electron chi connectivity index (χ1n) is 31.2. The minimum absolute atomic E-state index is 0.0490. The van der Waals surface area contributed by atoms with Gasteiger partial charge in [-0.05, 0) is 88.0 Å². The lowest BCUT2D eigenvalue weighted by Gasteiger charge is -2.29. The van der Waals surface area contributed by atoms with Crippen molar-refractivity contribution in [3.8, 4) is 5.75 Å². The number of hydrogen-bond acceptors (Lipinski definition) is 22. The maximum absolute atomic E-state index is 14.3. The molecule has 0 aliphatic carbocycles. The second kappa shape index (κ2) is 43.2. The molecule has 1 aromatic heterocycles. The summed E-state index contributed by atoms with van der Waals surface area (Å²) >= 11 is 5.47. The van der Waals surface area contributed by atoms with E-state index in [1.807, 2.05) is 13.8 Å². The fraction of sp³-hybridized carbons (Fsp3) is 0.600. The van der Waals surface area contributed by atoms with Crippen LogP contribution in [0.3, 0.4) is 0 Å². The van der Waals surface area contributed by atoms with Crippen molar-refractivity contribution in [2.24, 2.45) is 17.6 Å². The highest BCUT2D eigenvalue weighted by Crippen LogP contribution is 2.14. The molecule has 12 amide bonds.